The number of hydrogen-bond acceptors (Lipinski definition) is 7. The van der Waals surface area contributed by atoms with Crippen LogP contribution < -0.4 is 19.7 Å². The Hall–Kier alpha value is -4.01. The van der Waals surface area contributed by atoms with E-state index in [1.165, 1.54) is 4.70 Å². The number of hydrogen-bond donors (Lipinski definition) is 1. The standard InChI is InChI=1S/C30H25N3O3S2/c1-35-22-14-12-21(13-15-22)33-28(31-24-8-4-3-7-23(24)29(33)34)19-11-16-26(36-2)20(17-19)18-37-30-32-25-9-5-6-10-27(25)38-30/h3-17,28,31H,18H2,1-2H3/t28-/m1/s1. The number of nitrogens with one attached hydrogen (secondary N) is 1. The molecule has 6 rings (SSSR count). The van der Waals surface area contributed by atoms with Crippen molar-refractivity contribution in [3.8, 4) is 11.5 Å². The van der Waals surface area contributed by atoms with Crippen LogP contribution in [0.15, 0.2) is 95.3 Å². The smallest absolute Gasteiger partial charge is 0.262 e. The van der Waals surface area contributed by atoms with Gasteiger partial charge in [-0.05, 0) is 66.2 Å². The van der Waals surface area contributed by atoms with Gasteiger partial charge in [-0.15, -0.1) is 11.3 Å². The van der Waals surface area contributed by atoms with Crippen molar-refractivity contribution in [2.45, 2.75) is 16.3 Å². The molecule has 1 amide bonds. The number of carbonyl (C=O) groups excluding carboxylic acids is 1. The van der Waals surface area contributed by atoms with Crippen LogP contribution in [0.2, 0.25) is 0 Å². The van der Waals surface area contributed by atoms with Gasteiger partial charge in [-0.2, -0.15) is 0 Å². The van der Waals surface area contributed by atoms with E-state index in [1.54, 1.807) is 42.2 Å². The lowest BCUT2D eigenvalue weighted by Gasteiger charge is -2.38. The number of carbonyl (C=O) groups is 1. The Morgan fingerprint density at radius 2 is 1.74 bits per heavy atom. The van der Waals surface area contributed by atoms with Gasteiger partial charge < -0.3 is 14.8 Å². The summed E-state index contributed by atoms with van der Waals surface area (Å²) < 4.78 is 13.2. The molecular weight excluding hydrogens is 514 g/mol. The predicted octanol–water partition coefficient (Wildman–Crippen LogP) is 7.38. The topological polar surface area (TPSA) is 63.7 Å². The van der Waals surface area contributed by atoms with Crippen molar-refractivity contribution >= 4 is 50.6 Å². The molecule has 0 aliphatic carbocycles. The Kier molecular flexibility index (Phi) is 6.66. The third-order valence-electron chi connectivity index (χ3n) is 6.52. The molecule has 1 aromatic heterocycles. The number of fused-ring (bicyclic) bond motifs is 2. The summed E-state index contributed by atoms with van der Waals surface area (Å²) in [5.74, 6) is 2.18. The maximum absolute atomic E-state index is 13.8. The van der Waals surface area contributed by atoms with E-state index >= 15 is 0 Å². The lowest BCUT2D eigenvalue weighted by Crippen LogP contribution is -2.43. The van der Waals surface area contributed by atoms with Crippen LogP contribution in [0, 0.1) is 0 Å². The first-order chi connectivity index (χ1) is 18.6. The van der Waals surface area contributed by atoms with Crippen LogP contribution in [0.5, 0.6) is 11.5 Å². The molecule has 38 heavy (non-hydrogen) atoms. The van der Waals surface area contributed by atoms with E-state index in [4.69, 9.17) is 14.5 Å². The molecule has 0 unspecified atom stereocenters. The van der Waals surface area contributed by atoms with E-state index in [2.05, 4.69) is 17.4 Å². The van der Waals surface area contributed by atoms with Crippen LogP contribution in [0.25, 0.3) is 10.2 Å². The zero-order chi connectivity index (χ0) is 26.1. The summed E-state index contributed by atoms with van der Waals surface area (Å²) >= 11 is 3.38. The fraction of sp³-hybridized carbons (Fsp3) is 0.133. The quantitative estimate of drug-likeness (QED) is 0.218. The van der Waals surface area contributed by atoms with Crippen molar-refractivity contribution in [2.75, 3.05) is 24.4 Å². The van der Waals surface area contributed by atoms with Gasteiger partial charge >= 0.3 is 0 Å². The fourth-order valence-electron chi connectivity index (χ4n) is 4.63. The Morgan fingerprint density at radius 3 is 2.53 bits per heavy atom. The van der Waals surface area contributed by atoms with E-state index in [1.807, 2.05) is 78.9 Å². The van der Waals surface area contributed by atoms with Crippen molar-refractivity contribution in [3.63, 3.8) is 0 Å². The lowest BCUT2D eigenvalue weighted by molar-refractivity contribution is 0.0975. The van der Waals surface area contributed by atoms with Gasteiger partial charge in [0.2, 0.25) is 0 Å². The molecule has 4 aromatic carbocycles. The molecule has 5 aromatic rings. The van der Waals surface area contributed by atoms with Crippen molar-refractivity contribution < 1.29 is 14.3 Å². The molecule has 0 spiro atoms. The van der Waals surface area contributed by atoms with Crippen LogP contribution in [-0.4, -0.2) is 25.1 Å². The fourth-order valence-corrected chi connectivity index (χ4v) is 6.68. The molecule has 6 nitrogen and oxygen atoms in total. The number of rotatable bonds is 7. The number of amides is 1. The summed E-state index contributed by atoms with van der Waals surface area (Å²) in [5.41, 5.74) is 5.25. The van der Waals surface area contributed by atoms with Gasteiger partial charge in [0.05, 0.1) is 30.0 Å². The molecule has 2 heterocycles. The molecule has 0 fully saturated rings. The number of anilines is 2. The largest absolute Gasteiger partial charge is 0.497 e. The maximum atomic E-state index is 13.8. The van der Waals surface area contributed by atoms with E-state index in [0.717, 1.165) is 43.9 Å². The number of thiazole rings is 1. The van der Waals surface area contributed by atoms with Crippen LogP contribution in [0.1, 0.15) is 27.7 Å². The first kappa shape index (κ1) is 24.3. The molecule has 1 N–H and O–H groups in total. The summed E-state index contributed by atoms with van der Waals surface area (Å²) in [7, 11) is 3.32. The highest BCUT2D eigenvalue weighted by Gasteiger charge is 2.34. The normalized spacial score (nSPS) is 14.7. The Labute approximate surface area is 229 Å². The highest BCUT2D eigenvalue weighted by molar-refractivity contribution is 8.00. The van der Waals surface area contributed by atoms with Crippen LogP contribution >= 0.6 is 23.1 Å². The van der Waals surface area contributed by atoms with Crippen molar-refractivity contribution in [1.82, 2.24) is 4.98 Å². The first-order valence-corrected chi connectivity index (χ1v) is 13.9. The molecule has 190 valence electrons. The molecular formula is C30H25N3O3S2. The van der Waals surface area contributed by atoms with Gasteiger partial charge in [0, 0.05) is 22.7 Å². The molecule has 1 aliphatic heterocycles. The van der Waals surface area contributed by atoms with Crippen molar-refractivity contribution in [1.29, 1.82) is 0 Å². The summed E-state index contributed by atoms with van der Waals surface area (Å²) in [6, 6.07) is 29.5. The zero-order valence-electron chi connectivity index (χ0n) is 20.9. The average Bonchev–Trinajstić information content (AvgIpc) is 3.39. The summed E-state index contributed by atoms with van der Waals surface area (Å²) in [4.78, 5) is 20.3. The van der Waals surface area contributed by atoms with E-state index in [-0.39, 0.29) is 5.91 Å². The molecule has 8 heteroatoms. The van der Waals surface area contributed by atoms with E-state index in [9.17, 15) is 4.79 Å². The molecule has 1 atom stereocenters. The third kappa shape index (κ3) is 4.57. The monoisotopic (exact) mass is 539 g/mol. The minimum Gasteiger partial charge on any atom is -0.497 e. The second kappa shape index (κ2) is 10.4. The first-order valence-electron chi connectivity index (χ1n) is 12.1. The van der Waals surface area contributed by atoms with E-state index < -0.39 is 6.17 Å². The van der Waals surface area contributed by atoms with Gasteiger partial charge in [-0.1, -0.05) is 42.1 Å². The summed E-state index contributed by atoms with van der Waals surface area (Å²) in [6.45, 7) is 0. The average molecular weight is 540 g/mol. The second-order valence-electron chi connectivity index (χ2n) is 8.77. The van der Waals surface area contributed by atoms with Gasteiger partial charge in [-0.25, -0.2) is 4.98 Å². The van der Waals surface area contributed by atoms with Crippen LogP contribution in [0.3, 0.4) is 0 Å². The minimum atomic E-state index is -0.400. The summed E-state index contributed by atoms with van der Waals surface area (Å²) in [6.07, 6.45) is -0.400. The van der Waals surface area contributed by atoms with Crippen LogP contribution in [-0.2, 0) is 5.75 Å². The van der Waals surface area contributed by atoms with Crippen LogP contribution in [0.4, 0.5) is 11.4 Å². The molecule has 0 radical (unpaired) electrons. The summed E-state index contributed by atoms with van der Waals surface area (Å²) in [5, 5.41) is 3.59. The number of methoxy groups -OCH3 is 2. The molecule has 0 saturated heterocycles. The number of para-hydroxylation sites is 2. The lowest BCUT2D eigenvalue weighted by atomic mass is 10.0. The number of ether oxygens (including phenoxy) is 2. The molecule has 1 aliphatic rings. The maximum Gasteiger partial charge on any atom is 0.262 e. The van der Waals surface area contributed by atoms with Crippen molar-refractivity contribution in [2.24, 2.45) is 0 Å². The number of thioether (sulfide) groups is 1. The highest BCUT2D eigenvalue weighted by atomic mass is 32.2. The van der Waals surface area contributed by atoms with E-state index in [0.29, 0.717) is 11.3 Å². The van der Waals surface area contributed by atoms with Gasteiger partial charge in [0.25, 0.3) is 5.91 Å². The molecule has 0 saturated carbocycles. The van der Waals surface area contributed by atoms with Gasteiger partial charge in [-0.3, -0.25) is 9.69 Å². The molecule has 0 bridgehead atoms. The van der Waals surface area contributed by atoms with Gasteiger partial charge in [0.1, 0.15) is 17.7 Å². The van der Waals surface area contributed by atoms with Gasteiger partial charge in [0.15, 0.2) is 4.34 Å². The Morgan fingerprint density at radius 1 is 0.947 bits per heavy atom. The number of aromatic nitrogens is 1. The predicted molar refractivity (Wildman–Crippen MR) is 155 cm³/mol. The minimum absolute atomic E-state index is 0.0595. The Balaban J connectivity index is 1.36. The highest BCUT2D eigenvalue weighted by Crippen LogP contribution is 2.39. The zero-order valence-corrected chi connectivity index (χ0v) is 22.5. The second-order valence-corrected chi connectivity index (χ2v) is 11.0. The van der Waals surface area contributed by atoms with Crippen molar-refractivity contribution in [3.05, 3.63) is 108 Å². The number of benzene rings is 4. The number of nitrogens with zero attached hydrogens (tertiary/aromatic N) is 2. The third-order valence-corrected chi connectivity index (χ3v) is 8.75. The SMILES string of the molecule is COc1ccc(N2C(=O)c3ccccc3N[C@H]2c2ccc(OC)c(CSc3nc4ccccc4s3)c2)cc1. The Bertz CT molecular complexity index is 1580.